The first-order valence-corrected chi connectivity index (χ1v) is 11.5. The summed E-state index contributed by atoms with van der Waals surface area (Å²) in [5, 5.41) is 4.27. The van der Waals surface area contributed by atoms with Gasteiger partial charge in [-0.1, -0.05) is 12.1 Å². The van der Waals surface area contributed by atoms with Gasteiger partial charge in [-0.3, -0.25) is 15.0 Å². The highest BCUT2D eigenvalue weighted by Gasteiger charge is 2.41. The standard InChI is InChI=1S/C26H26N6S/c1-18-15-22(19(2)31(18)16-20-9-13-27-14-10-20)25-24(23-8-4-6-12-29-23)30-26(33)32(25)17-21-7-3-5-11-28-21/h3-15,24-25H,16-17H2,1-2H3,(H,30,33)/t24-,25-/m0/s1. The zero-order valence-electron chi connectivity index (χ0n) is 18.7. The Morgan fingerprint density at radius 1 is 0.909 bits per heavy atom. The maximum atomic E-state index is 5.83. The van der Waals surface area contributed by atoms with Gasteiger partial charge in [0.25, 0.3) is 0 Å². The van der Waals surface area contributed by atoms with E-state index in [-0.39, 0.29) is 12.1 Å². The molecule has 7 heteroatoms. The van der Waals surface area contributed by atoms with Crippen LogP contribution in [0.15, 0.2) is 79.4 Å². The van der Waals surface area contributed by atoms with Crippen molar-refractivity contribution in [2.45, 2.75) is 39.0 Å². The molecule has 0 unspecified atom stereocenters. The van der Waals surface area contributed by atoms with Gasteiger partial charge in [-0.15, -0.1) is 0 Å². The Morgan fingerprint density at radius 2 is 1.67 bits per heavy atom. The monoisotopic (exact) mass is 454 g/mol. The summed E-state index contributed by atoms with van der Waals surface area (Å²) < 4.78 is 2.36. The van der Waals surface area contributed by atoms with Gasteiger partial charge in [0.1, 0.15) is 0 Å². The first-order chi connectivity index (χ1) is 16.1. The third-order valence-corrected chi connectivity index (χ3v) is 6.63. The summed E-state index contributed by atoms with van der Waals surface area (Å²) in [4.78, 5) is 15.6. The summed E-state index contributed by atoms with van der Waals surface area (Å²) in [6, 6.07) is 18.4. The normalized spacial score (nSPS) is 17.9. The molecule has 4 aromatic heterocycles. The van der Waals surface area contributed by atoms with E-state index < -0.39 is 0 Å². The van der Waals surface area contributed by atoms with Crippen molar-refractivity contribution in [3.05, 3.63) is 113 Å². The maximum absolute atomic E-state index is 5.83. The second-order valence-corrected chi connectivity index (χ2v) is 8.73. The molecule has 0 amide bonds. The molecule has 0 aromatic carbocycles. The lowest BCUT2D eigenvalue weighted by Crippen LogP contribution is -2.29. The number of nitrogens with zero attached hydrogens (tertiary/aromatic N) is 5. The van der Waals surface area contributed by atoms with E-state index in [0.717, 1.165) is 23.0 Å². The fraction of sp³-hybridized carbons (Fsp3) is 0.231. The molecule has 2 atom stereocenters. The Kier molecular flexibility index (Phi) is 5.88. The van der Waals surface area contributed by atoms with Gasteiger partial charge in [0.15, 0.2) is 5.11 Å². The molecular weight excluding hydrogens is 428 g/mol. The Bertz CT molecular complexity index is 1240. The lowest BCUT2D eigenvalue weighted by Gasteiger charge is -2.28. The summed E-state index contributed by atoms with van der Waals surface area (Å²) >= 11 is 5.83. The molecule has 1 saturated heterocycles. The van der Waals surface area contributed by atoms with Gasteiger partial charge in [-0.05, 0) is 79.7 Å². The van der Waals surface area contributed by atoms with Crippen molar-refractivity contribution in [3.8, 4) is 0 Å². The number of aromatic nitrogens is 4. The van der Waals surface area contributed by atoms with E-state index in [2.05, 4.69) is 67.8 Å². The van der Waals surface area contributed by atoms with Crippen LogP contribution in [-0.2, 0) is 13.1 Å². The number of rotatable bonds is 6. The van der Waals surface area contributed by atoms with E-state index in [0.29, 0.717) is 6.54 Å². The van der Waals surface area contributed by atoms with Crippen LogP contribution in [-0.4, -0.2) is 29.5 Å². The highest BCUT2D eigenvalue weighted by Crippen LogP contribution is 2.41. The first-order valence-electron chi connectivity index (χ1n) is 11.1. The minimum absolute atomic E-state index is 0.00629. The van der Waals surface area contributed by atoms with Gasteiger partial charge in [-0.2, -0.15) is 0 Å². The molecule has 4 aromatic rings. The fourth-order valence-electron chi connectivity index (χ4n) is 4.62. The number of hydrogen-bond acceptors (Lipinski definition) is 4. The molecule has 6 nitrogen and oxygen atoms in total. The van der Waals surface area contributed by atoms with Gasteiger partial charge in [0, 0.05) is 42.7 Å². The van der Waals surface area contributed by atoms with E-state index in [1.54, 1.807) is 0 Å². The van der Waals surface area contributed by atoms with E-state index >= 15 is 0 Å². The van der Waals surface area contributed by atoms with Crippen LogP contribution in [0.2, 0.25) is 0 Å². The lowest BCUT2D eigenvalue weighted by atomic mass is 9.96. The highest BCUT2D eigenvalue weighted by molar-refractivity contribution is 7.80. The van der Waals surface area contributed by atoms with Crippen LogP contribution in [0.3, 0.4) is 0 Å². The summed E-state index contributed by atoms with van der Waals surface area (Å²) in [5.74, 6) is 0. The molecule has 1 fully saturated rings. The summed E-state index contributed by atoms with van der Waals surface area (Å²) in [6.07, 6.45) is 7.35. The van der Waals surface area contributed by atoms with Crippen molar-refractivity contribution in [2.75, 3.05) is 0 Å². The van der Waals surface area contributed by atoms with Gasteiger partial charge in [0.2, 0.25) is 0 Å². The third kappa shape index (κ3) is 4.24. The second-order valence-electron chi connectivity index (χ2n) is 8.34. The minimum atomic E-state index is -0.0442. The highest BCUT2D eigenvalue weighted by atomic mass is 32.1. The van der Waals surface area contributed by atoms with Crippen LogP contribution in [0.1, 0.15) is 46.0 Å². The van der Waals surface area contributed by atoms with Crippen molar-refractivity contribution in [2.24, 2.45) is 0 Å². The number of nitrogens with one attached hydrogen (secondary N) is 1. The van der Waals surface area contributed by atoms with E-state index in [9.17, 15) is 0 Å². The molecule has 0 bridgehead atoms. The number of aryl methyl sites for hydroxylation is 1. The predicted molar refractivity (Wildman–Crippen MR) is 132 cm³/mol. The molecule has 0 spiro atoms. The first kappa shape index (κ1) is 21.3. The molecule has 166 valence electrons. The smallest absolute Gasteiger partial charge is 0.170 e. The Labute approximate surface area is 199 Å². The van der Waals surface area contributed by atoms with Crippen LogP contribution < -0.4 is 5.32 Å². The molecule has 0 aliphatic carbocycles. The van der Waals surface area contributed by atoms with Crippen molar-refractivity contribution in [1.82, 2.24) is 29.7 Å². The van der Waals surface area contributed by atoms with Crippen molar-refractivity contribution < 1.29 is 0 Å². The zero-order valence-corrected chi connectivity index (χ0v) is 19.5. The fourth-order valence-corrected chi connectivity index (χ4v) is 4.93. The largest absolute Gasteiger partial charge is 0.352 e. The zero-order chi connectivity index (χ0) is 22.8. The molecule has 33 heavy (non-hydrogen) atoms. The minimum Gasteiger partial charge on any atom is -0.352 e. The lowest BCUT2D eigenvalue weighted by molar-refractivity contribution is 0.307. The molecule has 0 radical (unpaired) electrons. The maximum Gasteiger partial charge on any atom is 0.170 e. The van der Waals surface area contributed by atoms with E-state index in [1.807, 2.05) is 55.1 Å². The Morgan fingerprint density at radius 3 is 2.36 bits per heavy atom. The summed E-state index contributed by atoms with van der Waals surface area (Å²) in [5.41, 5.74) is 6.89. The van der Waals surface area contributed by atoms with Gasteiger partial charge >= 0.3 is 0 Å². The number of thiocarbonyl (C=S) groups is 1. The van der Waals surface area contributed by atoms with Crippen molar-refractivity contribution >= 4 is 17.3 Å². The van der Waals surface area contributed by atoms with Crippen LogP contribution in [0.4, 0.5) is 0 Å². The average molecular weight is 455 g/mol. The topological polar surface area (TPSA) is 58.9 Å². The van der Waals surface area contributed by atoms with Gasteiger partial charge in [0.05, 0.1) is 30.0 Å². The van der Waals surface area contributed by atoms with E-state index in [1.165, 1.54) is 22.5 Å². The average Bonchev–Trinajstić information content (AvgIpc) is 3.31. The van der Waals surface area contributed by atoms with Crippen molar-refractivity contribution in [3.63, 3.8) is 0 Å². The quantitative estimate of drug-likeness (QED) is 0.433. The van der Waals surface area contributed by atoms with Gasteiger partial charge in [-0.25, -0.2) is 0 Å². The summed E-state index contributed by atoms with van der Waals surface area (Å²) in [6.45, 7) is 5.80. The molecule has 5 rings (SSSR count). The summed E-state index contributed by atoms with van der Waals surface area (Å²) in [7, 11) is 0. The molecule has 1 aliphatic heterocycles. The third-order valence-electron chi connectivity index (χ3n) is 6.28. The molecular formula is C26H26N6S. The number of hydrogen-bond donors (Lipinski definition) is 1. The Balaban J connectivity index is 1.56. The SMILES string of the molecule is Cc1cc([C@H]2[C@H](c3ccccn3)NC(=S)N2Cc2ccccn2)c(C)n1Cc1ccncc1. The van der Waals surface area contributed by atoms with Crippen molar-refractivity contribution in [1.29, 1.82) is 0 Å². The van der Waals surface area contributed by atoms with Crippen LogP contribution in [0, 0.1) is 13.8 Å². The van der Waals surface area contributed by atoms with Gasteiger partial charge < -0.3 is 14.8 Å². The van der Waals surface area contributed by atoms with E-state index in [4.69, 9.17) is 12.2 Å². The molecule has 1 aliphatic rings. The predicted octanol–water partition coefficient (Wildman–Crippen LogP) is 4.51. The number of pyridine rings is 3. The second kappa shape index (κ2) is 9.11. The Hall–Kier alpha value is -3.58. The van der Waals surface area contributed by atoms with Crippen LogP contribution in [0.25, 0.3) is 0 Å². The molecule has 1 N–H and O–H groups in total. The molecule has 0 saturated carbocycles. The van der Waals surface area contributed by atoms with Crippen LogP contribution >= 0.6 is 12.2 Å². The molecule has 5 heterocycles. The van der Waals surface area contributed by atoms with Crippen LogP contribution in [0.5, 0.6) is 0 Å².